The number of benzene rings is 1. The van der Waals surface area contributed by atoms with Crippen molar-refractivity contribution in [2.75, 3.05) is 11.1 Å². The molecule has 35 heavy (non-hydrogen) atoms. The molecule has 3 N–H and O–H groups in total. The first-order valence-corrected chi connectivity index (χ1v) is 10.2. The van der Waals surface area contributed by atoms with Crippen molar-refractivity contribution >= 4 is 29.0 Å². The number of hydrogen-bond donors (Lipinski definition) is 2. The minimum Gasteiger partial charge on any atom is -0.453 e. The lowest BCUT2D eigenvalue weighted by atomic mass is 10.2. The van der Waals surface area contributed by atoms with Crippen molar-refractivity contribution in [3.63, 3.8) is 0 Å². The van der Waals surface area contributed by atoms with Crippen LogP contribution in [-0.4, -0.2) is 25.7 Å². The van der Waals surface area contributed by atoms with Gasteiger partial charge in [-0.3, -0.25) is 4.79 Å². The SMILES string of the molecule is Cc1ccnc(-n2ncc(C(=O)Nc3ccc(Oc4ccnc(N)c4Cl)c(F)c3)c2C(F)(F)F)c1. The summed E-state index contributed by atoms with van der Waals surface area (Å²) >= 11 is 5.97. The largest absolute Gasteiger partial charge is 0.453 e. The number of hydrogen-bond acceptors (Lipinski definition) is 6. The minimum atomic E-state index is -4.93. The molecule has 4 rings (SSSR count). The van der Waals surface area contributed by atoms with Crippen molar-refractivity contribution in [2.45, 2.75) is 13.1 Å². The highest BCUT2D eigenvalue weighted by atomic mass is 35.5. The van der Waals surface area contributed by atoms with E-state index in [1.807, 2.05) is 0 Å². The zero-order chi connectivity index (χ0) is 25.3. The molecule has 4 aromatic rings. The molecule has 13 heteroatoms. The predicted molar refractivity (Wildman–Crippen MR) is 119 cm³/mol. The molecule has 3 heterocycles. The molecule has 0 atom stereocenters. The van der Waals surface area contributed by atoms with Crippen molar-refractivity contribution in [3.05, 3.63) is 82.6 Å². The molecule has 0 spiro atoms. The highest BCUT2D eigenvalue weighted by Gasteiger charge is 2.41. The zero-order valence-electron chi connectivity index (χ0n) is 17.8. The van der Waals surface area contributed by atoms with Crippen molar-refractivity contribution in [2.24, 2.45) is 0 Å². The number of ether oxygens (including phenoxy) is 1. The Kier molecular flexibility index (Phi) is 6.31. The van der Waals surface area contributed by atoms with Crippen LogP contribution in [-0.2, 0) is 6.18 Å². The van der Waals surface area contributed by atoms with E-state index in [2.05, 4.69) is 20.4 Å². The van der Waals surface area contributed by atoms with Gasteiger partial charge in [-0.05, 0) is 36.8 Å². The molecule has 180 valence electrons. The normalized spacial score (nSPS) is 11.4. The van der Waals surface area contributed by atoms with Gasteiger partial charge >= 0.3 is 6.18 Å². The van der Waals surface area contributed by atoms with Crippen molar-refractivity contribution < 1.29 is 27.1 Å². The van der Waals surface area contributed by atoms with Gasteiger partial charge in [0.2, 0.25) is 0 Å². The molecular weight excluding hydrogens is 492 g/mol. The van der Waals surface area contributed by atoms with E-state index in [1.165, 1.54) is 36.7 Å². The molecule has 1 aromatic carbocycles. The van der Waals surface area contributed by atoms with Crippen molar-refractivity contribution in [1.29, 1.82) is 0 Å². The Hall–Kier alpha value is -4.19. The molecule has 0 aliphatic rings. The number of aryl methyl sites for hydroxylation is 1. The first-order valence-electron chi connectivity index (χ1n) is 9.81. The number of nitrogens with two attached hydrogens (primary N) is 1. The third-order valence-corrected chi connectivity index (χ3v) is 5.07. The fourth-order valence-corrected chi connectivity index (χ4v) is 3.25. The predicted octanol–water partition coefficient (Wildman–Crippen LogP) is 5.41. The van der Waals surface area contributed by atoms with Gasteiger partial charge in [-0.1, -0.05) is 11.6 Å². The molecule has 3 aromatic heterocycles. The number of nitrogens with zero attached hydrogens (tertiary/aromatic N) is 4. The topological polar surface area (TPSA) is 108 Å². The summed E-state index contributed by atoms with van der Waals surface area (Å²) in [5.41, 5.74) is 4.03. The van der Waals surface area contributed by atoms with Gasteiger partial charge in [0.25, 0.3) is 5.91 Å². The second-order valence-electron chi connectivity index (χ2n) is 7.22. The van der Waals surface area contributed by atoms with Crippen molar-refractivity contribution in [3.8, 4) is 17.3 Å². The van der Waals surface area contributed by atoms with Crippen LogP contribution in [0.1, 0.15) is 21.6 Å². The minimum absolute atomic E-state index is 0.0182. The molecule has 0 unspecified atom stereocenters. The summed E-state index contributed by atoms with van der Waals surface area (Å²) in [5, 5.41) is 5.91. The molecular formula is C22H15ClF4N6O2. The van der Waals surface area contributed by atoms with Crippen LogP contribution in [0.5, 0.6) is 11.5 Å². The number of alkyl halides is 3. The summed E-state index contributed by atoms with van der Waals surface area (Å²) in [7, 11) is 0. The van der Waals surface area contributed by atoms with Gasteiger partial charge in [-0.15, -0.1) is 0 Å². The Labute approximate surface area is 200 Å². The lowest BCUT2D eigenvalue weighted by Crippen LogP contribution is -2.21. The van der Waals surface area contributed by atoms with Crippen LogP contribution in [0, 0.1) is 12.7 Å². The Morgan fingerprint density at radius 3 is 2.54 bits per heavy atom. The molecule has 0 saturated carbocycles. The van der Waals surface area contributed by atoms with E-state index in [0.717, 1.165) is 12.3 Å². The smallest absolute Gasteiger partial charge is 0.434 e. The summed E-state index contributed by atoms with van der Waals surface area (Å²) in [6.07, 6.45) is -1.52. The van der Waals surface area contributed by atoms with Crippen LogP contribution in [0.3, 0.4) is 0 Å². The number of nitrogen functional groups attached to an aromatic ring is 1. The molecule has 8 nitrogen and oxygen atoms in total. The van der Waals surface area contributed by atoms with E-state index in [0.29, 0.717) is 10.2 Å². The number of amides is 1. The number of nitrogens with one attached hydrogen (secondary N) is 1. The molecule has 0 radical (unpaired) electrons. The second kappa shape index (κ2) is 9.22. The van der Waals surface area contributed by atoms with Crippen molar-refractivity contribution in [1.82, 2.24) is 19.7 Å². The quantitative estimate of drug-likeness (QED) is 0.350. The first kappa shape index (κ1) is 24.0. The average Bonchev–Trinajstić information content (AvgIpc) is 3.25. The number of pyridine rings is 2. The van der Waals surface area contributed by atoms with E-state index >= 15 is 0 Å². The molecule has 0 saturated heterocycles. The van der Waals surface area contributed by atoms with Crippen LogP contribution < -0.4 is 15.8 Å². The van der Waals surface area contributed by atoms with Crippen LogP contribution in [0.25, 0.3) is 5.82 Å². The molecule has 0 aliphatic carbocycles. The van der Waals surface area contributed by atoms with E-state index in [1.54, 1.807) is 13.0 Å². The third kappa shape index (κ3) is 5.01. The maximum Gasteiger partial charge on any atom is 0.434 e. The standard InChI is InChI=1S/C22H15ClF4N6O2/c1-11-4-6-29-17(8-11)33-19(22(25,26)27)13(10-31-33)21(34)32-12-2-3-15(14(24)9-12)35-16-5-7-30-20(28)18(16)23/h2-10H,1H3,(H2,28,30)(H,32,34). The Morgan fingerprint density at radius 2 is 1.86 bits per heavy atom. The fraction of sp³-hybridized carbons (Fsp3) is 0.0909. The highest BCUT2D eigenvalue weighted by molar-refractivity contribution is 6.34. The maximum absolute atomic E-state index is 14.6. The van der Waals surface area contributed by atoms with Gasteiger partial charge in [-0.2, -0.15) is 18.3 Å². The van der Waals surface area contributed by atoms with E-state index < -0.39 is 29.2 Å². The third-order valence-electron chi connectivity index (χ3n) is 4.69. The van der Waals surface area contributed by atoms with Gasteiger partial charge in [0.05, 0.1) is 11.8 Å². The summed E-state index contributed by atoms with van der Waals surface area (Å²) in [4.78, 5) is 20.3. The van der Waals surface area contributed by atoms with Crippen LogP contribution in [0.2, 0.25) is 5.02 Å². The lowest BCUT2D eigenvalue weighted by Gasteiger charge is -2.13. The fourth-order valence-electron chi connectivity index (χ4n) is 3.10. The molecule has 1 amide bonds. The number of rotatable bonds is 5. The summed E-state index contributed by atoms with van der Waals surface area (Å²) in [5.74, 6) is -2.40. The van der Waals surface area contributed by atoms with Gasteiger partial charge in [0.15, 0.2) is 28.8 Å². The average molecular weight is 507 g/mol. The Balaban J connectivity index is 1.60. The summed E-state index contributed by atoms with van der Waals surface area (Å²) < 4.78 is 62.0. The van der Waals surface area contributed by atoms with Gasteiger partial charge in [0.1, 0.15) is 10.8 Å². The van der Waals surface area contributed by atoms with Gasteiger partial charge in [-0.25, -0.2) is 19.0 Å². The van der Waals surface area contributed by atoms with E-state index in [-0.39, 0.29) is 33.8 Å². The Morgan fingerprint density at radius 1 is 1.11 bits per heavy atom. The molecule has 0 aliphatic heterocycles. The number of carbonyl (C=O) groups excluding carboxylic acids is 1. The van der Waals surface area contributed by atoms with Gasteiger partial charge < -0.3 is 15.8 Å². The summed E-state index contributed by atoms with van der Waals surface area (Å²) in [6.45, 7) is 1.68. The highest BCUT2D eigenvalue weighted by Crippen LogP contribution is 2.35. The molecule has 0 fully saturated rings. The lowest BCUT2D eigenvalue weighted by molar-refractivity contribution is -0.143. The van der Waals surface area contributed by atoms with E-state index in [9.17, 15) is 22.4 Å². The monoisotopic (exact) mass is 506 g/mol. The number of anilines is 2. The first-order chi connectivity index (χ1) is 16.5. The second-order valence-corrected chi connectivity index (χ2v) is 7.60. The van der Waals surface area contributed by atoms with E-state index in [4.69, 9.17) is 22.1 Å². The zero-order valence-corrected chi connectivity index (χ0v) is 18.5. The van der Waals surface area contributed by atoms with Gasteiger partial charge in [0, 0.05) is 30.2 Å². The Bertz CT molecular complexity index is 1420. The van der Waals surface area contributed by atoms with Crippen LogP contribution in [0.15, 0.2) is 55.0 Å². The maximum atomic E-state index is 14.6. The number of aromatic nitrogens is 4. The number of carbonyl (C=O) groups is 1. The summed E-state index contributed by atoms with van der Waals surface area (Å²) in [6, 6.07) is 7.66. The molecule has 0 bridgehead atoms. The van der Waals surface area contributed by atoms with Crippen LogP contribution >= 0.6 is 11.6 Å². The van der Waals surface area contributed by atoms with Crippen LogP contribution in [0.4, 0.5) is 29.1 Å². The number of halogens is 5.